The van der Waals surface area contributed by atoms with E-state index in [9.17, 15) is 14.7 Å². The Hall–Kier alpha value is -2.28. The number of carbonyl (C=O) groups excluding carboxylic acids is 1. The van der Waals surface area contributed by atoms with E-state index < -0.39 is 12.1 Å². The van der Waals surface area contributed by atoms with E-state index in [0.717, 1.165) is 0 Å². The van der Waals surface area contributed by atoms with Gasteiger partial charge in [-0.3, -0.25) is 9.59 Å². The minimum absolute atomic E-state index is 0.130. The van der Waals surface area contributed by atoms with Gasteiger partial charge in [0, 0.05) is 13.1 Å². The van der Waals surface area contributed by atoms with Crippen molar-refractivity contribution in [1.82, 2.24) is 4.90 Å². The number of methoxy groups -OCH3 is 1. The standard InChI is InChI=1S/C14H17NO6/c1-20-11-4-2-3-10(13(11)18)14(19)15-5-6-21-9(8-15)7-12(16)17/h2-4,9,18H,5-8H2,1H3,(H,16,17). The number of aliphatic carboxylic acids is 1. The summed E-state index contributed by atoms with van der Waals surface area (Å²) in [5, 5.41) is 18.8. The first-order valence-corrected chi connectivity index (χ1v) is 6.51. The highest BCUT2D eigenvalue weighted by Crippen LogP contribution is 2.30. The van der Waals surface area contributed by atoms with E-state index >= 15 is 0 Å². The van der Waals surface area contributed by atoms with Gasteiger partial charge in [0.1, 0.15) is 0 Å². The van der Waals surface area contributed by atoms with Crippen molar-refractivity contribution in [2.24, 2.45) is 0 Å². The lowest BCUT2D eigenvalue weighted by atomic mass is 10.1. The fourth-order valence-corrected chi connectivity index (χ4v) is 2.25. The quantitative estimate of drug-likeness (QED) is 0.849. The number of hydrogen-bond acceptors (Lipinski definition) is 5. The van der Waals surface area contributed by atoms with Crippen LogP contribution in [0.3, 0.4) is 0 Å². The van der Waals surface area contributed by atoms with Crippen molar-refractivity contribution >= 4 is 11.9 Å². The zero-order valence-electron chi connectivity index (χ0n) is 11.6. The minimum atomic E-state index is -0.974. The molecule has 1 aliphatic rings. The molecule has 114 valence electrons. The number of carboxylic acids is 1. The summed E-state index contributed by atoms with van der Waals surface area (Å²) in [6.07, 6.45) is -0.693. The number of rotatable bonds is 4. The Kier molecular flexibility index (Phi) is 4.64. The molecule has 1 heterocycles. The summed E-state index contributed by atoms with van der Waals surface area (Å²) < 4.78 is 10.3. The molecule has 0 aliphatic carbocycles. The number of carbonyl (C=O) groups is 2. The highest BCUT2D eigenvalue weighted by Gasteiger charge is 2.28. The van der Waals surface area contributed by atoms with E-state index in [4.69, 9.17) is 14.6 Å². The lowest BCUT2D eigenvalue weighted by molar-refractivity contribution is -0.141. The molecule has 0 radical (unpaired) electrons. The summed E-state index contributed by atoms with van der Waals surface area (Å²) in [6.45, 7) is 0.807. The van der Waals surface area contributed by atoms with Crippen LogP contribution in [0.4, 0.5) is 0 Å². The van der Waals surface area contributed by atoms with Gasteiger partial charge in [-0.05, 0) is 12.1 Å². The number of para-hydroxylation sites is 1. The van der Waals surface area contributed by atoms with Gasteiger partial charge < -0.3 is 24.6 Å². The topological polar surface area (TPSA) is 96.3 Å². The first-order valence-electron chi connectivity index (χ1n) is 6.51. The van der Waals surface area contributed by atoms with Crippen molar-refractivity contribution < 1.29 is 29.3 Å². The third-order valence-electron chi connectivity index (χ3n) is 3.28. The van der Waals surface area contributed by atoms with E-state index in [2.05, 4.69) is 0 Å². The number of hydrogen-bond donors (Lipinski definition) is 2. The molecule has 1 aliphatic heterocycles. The number of morpholine rings is 1. The minimum Gasteiger partial charge on any atom is -0.504 e. The number of nitrogens with zero attached hydrogens (tertiary/aromatic N) is 1. The molecule has 0 saturated carbocycles. The van der Waals surface area contributed by atoms with Crippen LogP contribution in [-0.2, 0) is 9.53 Å². The van der Waals surface area contributed by atoms with Crippen molar-refractivity contribution in [1.29, 1.82) is 0 Å². The molecule has 2 rings (SSSR count). The first-order chi connectivity index (χ1) is 10.0. The van der Waals surface area contributed by atoms with E-state index in [0.29, 0.717) is 6.54 Å². The maximum atomic E-state index is 12.4. The Bertz CT molecular complexity index is 544. The lowest BCUT2D eigenvalue weighted by Gasteiger charge is -2.32. The van der Waals surface area contributed by atoms with Gasteiger partial charge in [0.15, 0.2) is 11.5 Å². The van der Waals surface area contributed by atoms with Gasteiger partial charge in [-0.1, -0.05) is 6.07 Å². The molecular formula is C14H17NO6. The van der Waals surface area contributed by atoms with Crippen molar-refractivity contribution in [2.75, 3.05) is 26.8 Å². The largest absolute Gasteiger partial charge is 0.504 e. The highest BCUT2D eigenvalue weighted by atomic mass is 16.5. The molecule has 1 fully saturated rings. The van der Waals surface area contributed by atoms with E-state index in [1.807, 2.05) is 0 Å². The van der Waals surface area contributed by atoms with Crippen molar-refractivity contribution in [3.8, 4) is 11.5 Å². The molecule has 7 nitrogen and oxygen atoms in total. The number of amides is 1. The molecular weight excluding hydrogens is 278 g/mol. The molecule has 1 aromatic carbocycles. The molecule has 0 bridgehead atoms. The smallest absolute Gasteiger partial charge is 0.306 e. The summed E-state index contributed by atoms with van der Waals surface area (Å²) in [5.41, 5.74) is 0.130. The Balaban J connectivity index is 2.14. The molecule has 7 heteroatoms. The summed E-state index contributed by atoms with van der Waals surface area (Å²) in [6, 6.07) is 4.67. The van der Waals surface area contributed by atoms with Gasteiger partial charge in [-0.25, -0.2) is 0 Å². The van der Waals surface area contributed by atoms with Crippen LogP contribution in [0.1, 0.15) is 16.8 Å². The number of carboxylic acid groups (broad SMARTS) is 1. The van der Waals surface area contributed by atoms with Crippen molar-refractivity contribution in [2.45, 2.75) is 12.5 Å². The monoisotopic (exact) mass is 295 g/mol. The third-order valence-corrected chi connectivity index (χ3v) is 3.28. The summed E-state index contributed by atoms with van der Waals surface area (Å²) in [5.74, 6) is -1.34. The average Bonchev–Trinajstić information content (AvgIpc) is 2.46. The fraction of sp³-hybridized carbons (Fsp3) is 0.429. The highest BCUT2D eigenvalue weighted by molar-refractivity contribution is 5.97. The molecule has 0 aromatic heterocycles. The predicted octanol–water partition coefficient (Wildman–Crippen LogP) is 0.716. The van der Waals surface area contributed by atoms with E-state index in [1.54, 1.807) is 12.1 Å². The Morgan fingerprint density at radius 1 is 1.48 bits per heavy atom. The second kappa shape index (κ2) is 6.45. The van der Waals surface area contributed by atoms with Crippen LogP contribution in [0.2, 0.25) is 0 Å². The Labute approximate surface area is 121 Å². The zero-order chi connectivity index (χ0) is 15.4. The van der Waals surface area contributed by atoms with Crippen LogP contribution in [0.15, 0.2) is 18.2 Å². The van der Waals surface area contributed by atoms with E-state index in [-0.39, 0.29) is 42.5 Å². The van der Waals surface area contributed by atoms with Crippen molar-refractivity contribution in [3.63, 3.8) is 0 Å². The fourth-order valence-electron chi connectivity index (χ4n) is 2.25. The van der Waals surface area contributed by atoms with Gasteiger partial charge in [0.25, 0.3) is 5.91 Å². The second-order valence-electron chi connectivity index (χ2n) is 4.70. The van der Waals surface area contributed by atoms with Crippen LogP contribution in [0.5, 0.6) is 11.5 Å². The zero-order valence-corrected chi connectivity index (χ0v) is 11.6. The Morgan fingerprint density at radius 2 is 2.24 bits per heavy atom. The second-order valence-corrected chi connectivity index (χ2v) is 4.70. The SMILES string of the molecule is COc1cccc(C(=O)N2CCOC(CC(=O)O)C2)c1O. The van der Waals surface area contributed by atoms with Gasteiger partial charge >= 0.3 is 5.97 Å². The summed E-state index contributed by atoms with van der Waals surface area (Å²) >= 11 is 0. The molecule has 1 aromatic rings. The van der Waals surface area contributed by atoms with E-state index in [1.165, 1.54) is 18.1 Å². The van der Waals surface area contributed by atoms with Crippen LogP contribution in [-0.4, -0.2) is 59.9 Å². The maximum Gasteiger partial charge on any atom is 0.306 e. The number of ether oxygens (including phenoxy) is 2. The molecule has 1 atom stereocenters. The predicted molar refractivity (Wildman–Crippen MR) is 72.6 cm³/mol. The molecule has 1 unspecified atom stereocenters. The van der Waals surface area contributed by atoms with Crippen LogP contribution in [0, 0.1) is 0 Å². The van der Waals surface area contributed by atoms with Crippen LogP contribution < -0.4 is 4.74 Å². The first kappa shape index (κ1) is 15.1. The van der Waals surface area contributed by atoms with Crippen LogP contribution >= 0.6 is 0 Å². The van der Waals surface area contributed by atoms with Crippen LogP contribution in [0.25, 0.3) is 0 Å². The molecule has 1 saturated heterocycles. The normalized spacial score (nSPS) is 18.3. The van der Waals surface area contributed by atoms with Gasteiger partial charge in [-0.2, -0.15) is 0 Å². The van der Waals surface area contributed by atoms with Gasteiger partial charge in [-0.15, -0.1) is 0 Å². The number of benzene rings is 1. The van der Waals surface area contributed by atoms with Gasteiger partial charge in [0.05, 0.1) is 31.8 Å². The number of phenolic OH excluding ortho intramolecular Hbond substituents is 1. The third kappa shape index (κ3) is 3.43. The number of aromatic hydroxyl groups is 1. The lowest BCUT2D eigenvalue weighted by Crippen LogP contribution is -2.46. The van der Waals surface area contributed by atoms with Gasteiger partial charge in [0.2, 0.25) is 0 Å². The number of phenols is 1. The maximum absolute atomic E-state index is 12.4. The molecule has 21 heavy (non-hydrogen) atoms. The average molecular weight is 295 g/mol. The molecule has 2 N–H and O–H groups in total. The Morgan fingerprint density at radius 3 is 2.90 bits per heavy atom. The molecule has 1 amide bonds. The summed E-state index contributed by atoms with van der Waals surface area (Å²) in [4.78, 5) is 24.6. The van der Waals surface area contributed by atoms with Crippen molar-refractivity contribution in [3.05, 3.63) is 23.8 Å². The summed E-state index contributed by atoms with van der Waals surface area (Å²) in [7, 11) is 1.40. The molecule has 0 spiro atoms.